The normalized spacial score (nSPS) is 28.4. The van der Waals surface area contributed by atoms with Crippen molar-refractivity contribution in [2.24, 2.45) is 0 Å². The summed E-state index contributed by atoms with van der Waals surface area (Å²) < 4.78 is 22.5. The Morgan fingerprint density at radius 1 is 1.33 bits per heavy atom. The smallest absolute Gasteiger partial charge is 0.223 e. The highest BCUT2D eigenvalue weighted by Crippen LogP contribution is 2.45. The van der Waals surface area contributed by atoms with Crippen molar-refractivity contribution in [1.82, 2.24) is 10.2 Å². The number of hydrogen-bond donors (Lipinski definition) is 1. The average Bonchev–Trinajstić information content (AvgIpc) is 2.72. The Kier molecular flexibility index (Phi) is 4.27. The Bertz CT molecular complexity index is 510. The van der Waals surface area contributed by atoms with E-state index in [-0.39, 0.29) is 22.8 Å². The van der Waals surface area contributed by atoms with Gasteiger partial charge in [-0.3, -0.25) is 4.79 Å². The molecule has 0 aromatic rings. The van der Waals surface area contributed by atoms with Crippen LogP contribution in [0.2, 0.25) is 0 Å². The van der Waals surface area contributed by atoms with Crippen molar-refractivity contribution < 1.29 is 13.2 Å². The van der Waals surface area contributed by atoms with Gasteiger partial charge in [0.1, 0.15) is 9.84 Å². The van der Waals surface area contributed by atoms with Crippen LogP contribution in [-0.2, 0) is 14.6 Å². The maximum atomic E-state index is 12.0. The van der Waals surface area contributed by atoms with Crippen molar-refractivity contribution in [1.29, 1.82) is 0 Å². The van der Waals surface area contributed by atoms with Crippen molar-refractivity contribution in [3.05, 3.63) is 0 Å². The molecule has 21 heavy (non-hydrogen) atoms. The number of likely N-dealkylation sites (tertiary alicyclic amines) is 1. The van der Waals surface area contributed by atoms with Crippen LogP contribution in [0.5, 0.6) is 0 Å². The lowest BCUT2D eigenvalue weighted by atomic mass is 9.89. The first-order chi connectivity index (χ1) is 9.85. The fourth-order valence-electron chi connectivity index (χ4n) is 3.34. The molecule has 7 heteroatoms. The maximum Gasteiger partial charge on any atom is 0.223 e. The van der Waals surface area contributed by atoms with Crippen molar-refractivity contribution in [2.45, 2.75) is 48.9 Å². The van der Waals surface area contributed by atoms with E-state index in [1.807, 2.05) is 16.7 Å². The Morgan fingerprint density at radius 2 is 2.05 bits per heavy atom. The summed E-state index contributed by atoms with van der Waals surface area (Å²) in [7, 11) is -3.05. The van der Waals surface area contributed by atoms with Crippen LogP contribution in [0.4, 0.5) is 0 Å². The molecule has 0 aromatic heterocycles. The van der Waals surface area contributed by atoms with Gasteiger partial charge in [-0.15, -0.1) is 11.8 Å². The van der Waals surface area contributed by atoms with Crippen LogP contribution in [-0.4, -0.2) is 66.9 Å². The van der Waals surface area contributed by atoms with Crippen LogP contribution < -0.4 is 5.32 Å². The van der Waals surface area contributed by atoms with E-state index in [9.17, 15) is 13.2 Å². The van der Waals surface area contributed by atoms with E-state index >= 15 is 0 Å². The van der Waals surface area contributed by atoms with Crippen LogP contribution >= 0.6 is 11.8 Å². The third-order valence-corrected chi connectivity index (χ3v) is 7.34. The number of rotatable bonds is 5. The molecule has 5 nitrogen and oxygen atoms in total. The molecule has 1 unspecified atom stereocenters. The second-order valence-electron chi connectivity index (χ2n) is 6.82. The number of sulfone groups is 1. The zero-order valence-electron chi connectivity index (χ0n) is 12.5. The molecular formula is C14H24N2O3S2. The summed E-state index contributed by atoms with van der Waals surface area (Å²) in [5.41, 5.74) is 0. The minimum absolute atomic E-state index is 0.0120. The molecule has 0 radical (unpaired) electrons. The lowest BCUT2D eigenvalue weighted by molar-refractivity contribution is -0.135. The minimum atomic E-state index is -3.05. The van der Waals surface area contributed by atoms with E-state index in [0.29, 0.717) is 6.04 Å². The predicted octanol–water partition coefficient (Wildman–Crippen LogP) is 0.650. The SMILES string of the molecule is CS(=O)(=O)CCC(=O)N1CC2(CC(NC3CCC3)CS2)C1. The summed E-state index contributed by atoms with van der Waals surface area (Å²) in [5.74, 6) is 1.10. The van der Waals surface area contributed by atoms with Crippen molar-refractivity contribution in [3.8, 4) is 0 Å². The van der Waals surface area contributed by atoms with Gasteiger partial charge >= 0.3 is 0 Å². The monoisotopic (exact) mass is 332 g/mol. The van der Waals surface area contributed by atoms with Gasteiger partial charge in [0, 0.05) is 43.6 Å². The summed E-state index contributed by atoms with van der Waals surface area (Å²) in [5, 5.41) is 3.72. The third-order valence-electron chi connectivity index (χ3n) is 4.78. The first kappa shape index (κ1) is 15.6. The predicted molar refractivity (Wildman–Crippen MR) is 85.3 cm³/mol. The number of nitrogens with one attached hydrogen (secondary N) is 1. The van der Waals surface area contributed by atoms with Gasteiger partial charge < -0.3 is 10.2 Å². The van der Waals surface area contributed by atoms with Gasteiger partial charge in [-0.2, -0.15) is 0 Å². The average molecular weight is 332 g/mol. The van der Waals surface area contributed by atoms with Crippen LogP contribution in [0.25, 0.3) is 0 Å². The molecule has 2 heterocycles. The van der Waals surface area contributed by atoms with E-state index in [0.717, 1.165) is 31.3 Å². The second-order valence-corrected chi connectivity index (χ2v) is 10.6. The highest BCUT2D eigenvalue weighted by Gasteiger charge is 2.50. The van der Waals surface area contributed by atoms with Crippen molar-refractivity contribution in [3.63, 3.8) is 0 Å². The number of carbonyl (C=O) groups excluding carboxylic acids is 1. The summed E-state index contributed by atoms with van der Waals surface area (Å²) in [6.45, 7) is 1.59. The van der Waals surface area contributed by atoms with Gasteiger partial charge in [0.05, 0.1) is 10.5 Å². The van der Waals surface area contributed by atoms with Gasteiger partial charge in [0.25, 0.3) is 0 Å². The second kappa shape index (κ2) is 5.74. The quantitative estimate of drug-likeness (QED) is 0.801. The molecular weight excluding hydrogens is 308 g/mol. The summed E-state index contributed by atoms with van der Waals surface area (Å²) in [6, 6.07) is 1.31. The lowest BCUT2D eigenvalue weighted by Crippen LogP contribution is -2.61. The van der Waals surface area contributed by atoms with Crippen molar-refractivity contribution in [2.75, 3.05) is 30.9 Å². The van der Waals surface area contributed by atoms with Crippen LogP contribution in [0.1, 0.15) is 32.1 Å². The highest BCUT2D eigenvalue weighted by atomic mass is 32.2. The summed E-state index contributed by atoms with van der Waals surface area (Å²) in [4.78, 5) is 13.8. The van der Waals surface area contributed by atoms with Crippen molar-refractivity contribution >= 4 is 27.5 Å². The highest BCUT2D eigenvalue weighted by molar-refractivity contribution is 8.01. The number of thioether (sulfide) groups is 1. The van der Waals surface area contributed by atoms with E-state index in [1.54, 1.807) is 0 Å². The molecule has 1 spiro atoms. The number of carbonyl (C=O) groups is 1. The topological polar surface area (TPSA) is 66.5 Å². The van der Waals surface area contributed by atoms with Gasteiger partial charge in [-0.25, -0.2) is 8.42 Å². The van der Waals surface area contributed by atoms with Gasteiger partial charge in [0.2, 0.25) is 5.91 Å². The molecule has 3 fully saturated rings. The fraction of sp³-hybridized carbons (Fsp3) is 0.929. The van der Waals surface area contributed by atoms with Crippen LogP contribution in [0.3, 0.4) is 0 Å². The number of nitrogens with zero attached hydrogens (tertiary/aromatic N) is 1. The molecule has 1 atom stereocenters. The minimum Gasteiger partial charge on any atom is -0.340 e. The van der Waals surface area contributed by atoms with Gasteiger partial charge in [0.15, 0.2) is 0 Å². The molecule has 3 aliphatic rings. The standard InChI is InChI=1S/C14H24N2O3S2/c1-21(18,19)6-5-13(17)16-9-14(10-16)7-12(8-20-14)15-11-3-2-4-11/h11-12,15H,2-10H2,1H3. The number of hydrogen-bond acceptors (Lipinski definition) is 5. The molecule has 1 N–H and O–H groups in total. The Morgan fingerprint density at radius 3 is 2.62 bits per heavy atom. The molecule has 0 bridgehead atoms. The third kappa shape index (κ3) is 3.74. The molecule has 2 saturated heterocycles. The fourth-order valence-corrected chi connectivity index (χ4v) is 5.46. The van der Waals surface area contributed by atoms with Gasteiger partial charge in [-0.05, 0) is 19.3 Å². The zero-order chi connectivity index (χ0) is 15.1. The lowest BCUT2D eigenvalue weighted by Gasteiger charge is -2.47. The Balaban J connectivity index is 1.41. The van der Waals surface area contributed by atoms with E-state index < -0.39 is 9.84 Å². The first-order valence-corrected chi connectivity index (χ1v) is 10.8. The molecule has 1 amide bonds. The Labute approximate surface area is 131 Å². The van der Waals surface area contributed by atoms with E-state index in [4.69, 9.17) is 0 Å². The summed E-state index contributed by atoms with van der Waals surface area (Å²) in [6.07, 6.45) is 6.43. The Hall–Kier alpha value is -0.270. The van der Waals surface area contributed by atoms with E-state index in [2.05, 4.69) is 5.32 Å². The van der Waals surface area contributed by atoms with Crippen LogP contribution in [0, 0.1) is 0 Å². The molecule has 1 saturated carbocycles. The largest absolute Gasteiger partial charge is 0.340 e. The zero-order valence-corrected chi connectivity index (χ0v) is 14.1. The number of amides is 1. The molecule has 2 aliphatic heterocycles. The van der Waals surface area contributed by atoms with Crippen LogP contribution in [0.15, 0.2) is 0 Å². The van der Waals surface area contributed by atoms with E-state index in [1.165, 1.54) is 25.5 Å². The first-order valence-electron chi connectivity index (χ1n) is 7.71. The maximum absolute atomic E-state index is 12.0. The molecule has 1 aliphatic carbocycles. The summed E-state index contributed by atoms with van der Waals surface area (Å²) >= 11 is 1.99. The molecule has 120 valence electrons. The molecule has 3 rings (SSSR count). The molecule has 0 aromatic carbocycles. The van der Waals surface area contributed by atoms with Gasteiger partial charge in [-0.1, -0.05) is 6.42 Å².